The summed E-state index contributed by atoms with van der Waals surface area (Å²) in [5.41, 5.74) is 0. The average molecular weight is 519 g/mol. The topological polar surface area (TPSA) is 54.4 Å². The number of hydrogen-bond donors (Lipinski definition) is 1. The quantitative estimate of drug-likeness (QED) is 0.194. The molecule has 0 rings (SSSR count). The summed E-state index contributed by atoms with van der Waals surface area (Å²) in [5.74, 6) is 4.38. The predicted molar refractivity (Wildman–Crippen MR) is 136 cm³/mol. The van der Waals surface area contributed by atoms with Crippen LogP contribution in [0.3, 0.4) is 0 Å². The van der Waals surface area contributed by atoms with Crippen LogP contribution in [0.4, 0.5) is 0 Å². The number of aliphatic hydroxyl groups is 1. The molecule has 25 heavy (non-hydrogen) atoms. The molecule has 0 aromatic rings. The Morgan fingerprint density at radius 1 is 0.880 bits per heavy atom. The van der Waals surface area contributed by atoms with E-state index in [0.29, 0.717) is 10.8 Å². The van der Waals surface area contributed by atoms with E-state index in [-0.39, 0.29) is 11.1 Å². The molecule has 0 amide bonds. The molecule has 0 bridgehead atoms. The van der Waals surface area contributed by atoms with Crippen LogP contribution in [-0.2, 0) is 15.6 Å². The SMILES string of the molecule is CSCSC(=O)CSCSCSCSCCS(=O)CSCCSCO. The van der Waals surface area contributed by atoms with Crippen LogP contribution in [0.15, 0.2) is 0 Å². The van der Waals surface area contributed by atoms with Gasteiger partial charge in [0.15, 0.2) is 5.12 Å². The Balaban J connectivity index is 3.20. The van der Waals surface area contributed by atoms with Crippen molar-refractivity contribution in [3.05, 3.63) is 0 Å². The summed E-state index contributed by atoms with van der Waals surface area (Å²) in [6.45, 7) is 0. The van der Waals surface area contributed by atoms with Crippen molar-refractivity contribution in [3.8, 4) is 0 Å². The highest BCUT2D eigenvalue weighted by Gasteiger charge is 2.03. The fourth-order valence-electron chi connectivity index (χ4n) is 1.14. The highest BCUT2D eigenvalue weighted by atomic mass is 32.3. The monoisotopic (exact) mass is 518 g/mol. The van der Waals surface area contributed by atoms with E-state index in [9.17, 15) is 9.00 Å². The molecule has 1 N–H and O–H groups in total. The van der Waals surface area contributed by atoms with Gasteiger partial charge in [0, 0.05) is 54.2 Å². The lowest BCUT2D eigenvalue weighted by Crippen LogP contribution is -2.03. The minimum absolute atomic E-state index is 0.171. The lowest BCUT2D eigenvalue weighted by atomic mass is 10.9. The number of thioether (sulfide) groups is 8. The Hall–Kier alpha value is 2.58. The van der Waals surface area contributed by atoms with Gasteiger partial charge in [-0.25, -0.2) is 0 Å². The Kier molecular flexibility index (Phi) is 25.2. The molecule has 0 radical (unpaired) electrons. The van der Waals surface area contributed by atoms with E-state index in [4.69, 9.17) is 5.11 Å². The van der Waals surface area contributed by atoms with Gasteiger partial charge in [0.05, 0.1) is 16.8 Å². The molecule has 0 saturated heterocycles. The van der Waals surface area contributed by atoms with Gasteiger partial charge in [-0.3, -0.25) is 9.00 Å². The first kappa shape index (κ1) is 27.6. The number of carbonyl (C=O) groups excluding carboxylic acids is 1. The minimum atomic E-state index is -0.727. The third-order valence-electron chi connectivity index (χ3n) is 2.19. The number of aliphatic hydroxyl groups excluding tert-OH is 1. The van der Waals surface area contributed by atoms with Crippen molar-refractivity contribution in [2.45, 2.75) is 0 Å². The molecule has 0 aromatic heterocycles. The van der Waals surface area contributed by atoms with Gasteiger partial charge in [-0.2, -0.15) is 23.5 Å². The van der Waals surface area contributed by atoms with Gasteiger partial charge < -0.3 is 5.11 Å². The Labute approximate surface area is 188 Å². The van der Waals surface area contributed by atoms with E-state index < -0.39 is 10.8 Å². The van der Waals surface area contributed by atoms with Gasteiger partial charge >= 0.3 is 0 Å². The first-order chi connectivity index (χ1) is 12.2. The highest BCUT2D eigenvalue weighted by Crippen LogP contribution is 2.22. The smallest absolute Gasteiger partial charge is 0.199 e. The molecule has 150 valence electrons. The normalized spacial score (nSPS) is 12.4. The maximum atomic E-state index is 11.8. The van der Waals surface area contributed by atoms with Crippen LogP contribution in [-0.4, -0.2) is 80.8 Å². The van der Waals surface area contributed by atoms with Crippen molar-refractivity contribution in [3.63, 3.8) is 0 Å². The van der Waals surface area contributed by atoms with Crippen molar-refractivity contribution in [2.24, 2.45) is 0 Å². The summed E-state index contributed by atoms with van der Waals surface area (Å²) in [6.07, 6.45) is 2.01. The van der Waals surface area contributed by atoms with Gasteiger partial charge in [-0.05, 0) is 6.26 Å². The van der Waals surface area contributed by atoms with Crippen molar-refractivity contribution < 1.29 is 14.1 Å². The van der Waals surface area contributed by atoms with Crippen LogP contribution < -0.4 is 0 Å². The average Bonchev–Trinajstić information content (AvgIpc) is 2.61. The fourth-order valence-corrected chi connectivity index (χ4v) is 10.8. The van der Waals surface area contributed by atoms with Crippen molar-refractivity contribution in [1.29, 1.82) is 0 Å². The second-order valence-electron chi connectivity index (χ2n) is 4.15. The van der Waals surface area contributed by atoms with E-state index >= 15 is 0 Å². The number of carbonyl (C=O) groups is 1. The summed E-state index contributed by atoms with van der Waals surface area (Å²) < 4.78 is 11.8. The first-order valence-corrected chi connectivity index (χ1v) is 18.1. The molecule has 0 spiro atoms. The largest absolute Gasteiger partial charge is 0.386 e. The highest BCUT2D eigenvalue weighted by molar-refractivity contribution is 8.27. The molecular formula is C13H26O3S9. The van der Waals surface area contributed by atoms with Crippen LogP contribution >= 0.6 is 94.1 Å². The van der Waals surface area contributed by atoms with Gasteiger partial charge in [-0.1, -0.05) is 11.8 Å². The zero-order valence-electron chi connectivity index (χ0n) is 14.2. The molecule has 1 unspecified atom stereocenters. The van der Waals surface area contributed by atoms with Crippen LogP contribution in [0.5, 0.6) is 0 Å². The van der Waals surface area contributed by atoms with Gasteiger partial charge in [-0.15, -0.1) is 58.8 Å². The third-order valence-corrected chi connectivity index (χ3v) is 13.3. The predicted octanol–water partition coefficient (Wildman–Crippen LogP) is 4.49. The summed E-state index contributed by atoms with van der Waals surface area (Å²) in [4.78, 5) is 11.4. The number of rotatable bonds is 19. The third kappa shape index (κ3) is 22.7. The molecule has 0 fully saturated rings. The molecule has 0 aliphatic heterocycles. The summed E-state index contributed by atoms with van der Waals surface area (Å²) >= 11 is 13.6. The zero-order valence-corrected chi connectivity index (χ0v) is 21.6. The maximum Gasteiger partial charge on any atom is 0.199 e. The molecular weight excluding hydrogens is 493 g/mol. The van der Waals surface area contributed by atoms with Crippen molar-refractivity contribution in [1.82, 2.24) is 0 Å². The lowest BCUT2D eigenvalue weighted by molar-refractivity contribution is -0.108. The molecule has 12 heteroatoms. The van der Waals surface area contributed by atoms with E-state index in [1.54, 1.807) is 35.3 Å². The lowest BCUT2D eigenvalue weighted by Gasteiger charge is -2.04. The Morgan fingerprint density at radius 2 is 1.56 bits per heavy atom. The summed E-state index contributed by atoms with van der Waals surface area (Å²) in [5, 5.41) is 13.5. The Bertz CT molecular complexity index is 334. The van der Waals surface area contributed by atoms with Crippen molar-refractivity contribution in [2.75, 3.05) is 66.4 Å². The molecule has 0 aliphatic carbocycles. The second-order valence-corrected chi connectivity index (χ2v) is 15.7. The molecule has 0 aliphatic rings. The summed E-state index contributed by atoms with van der Waals surface area (Å²) in [7, 11) is -0.727. The molecule has 3 nitrogen and oxygen atoms in total. The molecule has 0 heterocycles. The van der Waals surface area contributed by atoms with Crippen LogP contribution in [0, 0.1) is 0 Å². The van der Waals surface area contributed by atoms with E-state index in [1.807, 2.05) is 41.5 Å². The standard InChI is InChI=1S/C13H26O3S9/c1-17-8-24-13(15)6-21-10-23-11-22-9-19-4-5-25(16)12-20-3-2-18-7-14/h14H,2-12H2,1H3. The zero-order chi connectivity index (χ0) is 18.6. The minimum Gasteiger partial charge on any atom is -0.386 e. The van der Waals surface area contributed by atoms with E-state index in [1.165, 1.54) is 23.5 Å². The molecule has 1 atom stereocenters. The Morgan fingerprint density at radius 3 is 2.28 bits per heavy atom. The molecule has 0 saturated carbocycles. The molecule has 0 aromatic carbocycles. The van der Waals surface area contributed by atoms with Gasteiger partial charge in [0.2, 0.25) is 0 Å². The number of hydrogen-bond acceptors (Lipinski definition) is 11. The maximum absolute atomic E-state index is 11.8. The van der Waals surface area contributed by atoms with Crippen LogP contribution in [0.25, 0.3) is 0 Å². The van der Waals surface area contributed by atoms with Gasteiger partial charge in [0.25, 0.3) is 0 Å². The fraction of sp³-hybridized carbons (Fsp3) is 0.923. The van der Waals surface area contributed by atoms with Crippen LogP contribution in [0.2, 0.25) is 0 Å². The van der Waals surface area contributed by atoms with E-state index in [0.717, 1.165) is 43.4 Å². The van der Waals surface area contributed by atoms with Crippen LogP contribution in [0.1, 0.15) is 0 Å². The first-order valence-electron chi connectivity index (χ1n) is 7.27. The second kappa shape index (κ2) is 22.9. The van der Waals surface area contributed by atoms with Gasteiger partial charge in [0.1, 0.15) is 0 Å². The summed E-state index contributed by atoms with van der Waals surface area (Å²) in [6, 6.07) is 0. The van der Waals surface area contributed by atoms with E-state index in [2.05, 4.69) is 0 Å². The van der Waals surface area contributed by atoms with Crippen molar-refractivity contribution >= 4 is 110 Å².